The standard InChI is InChI=1S/C9H18O8/c10-1-4(11)5(12)2-16-9-8(15)7(14)6(13)3-17-9/h4-15H,1-3H2/t4-,5+,6-,7+,8-,9-/m1/s1. The average Bonchev–Trinajstić information content (AvgIpc) is 2.33. The fourth-order valence-corrected chi connectivity index (χ4v) is 1.35. The quantitative estimate of drug-likeness (QED) is 0.293. The van der Waals surface area contributed by atoms with Gasteiger partial charge in [-0.2, -0.15) is 0 Å². The van der Waals surface area contributed by atoms with Crippen LogP contribution in [0.1, 0.15) is 0 Å². The molecule has 6 atom stereocenters. The molecule has 1 saturated heterocycles. The summed E-state index contributed by atoms with van der Waals surface area (Å²) in [6.45, 7) is -1.21. The molecule has 0 aromatic carbocycles. The zero-order chi connectivity index (χ0) is 13.0. The molecule has 0 aliphatic carbocycles. The first-order valence-electron chi connectivity index (χ1n) is 5.21. The minimum Gasteiger partial charge on any atom is -0.394 e. The van der Waals surface area contributed by atoms with E-state index in [9.17, 15) is 15.3 Å². The summed E-state index contributed by atoms with van der Waals surface area (Å²) in [6, 6.07) is 0. The number of aliphatic hydroxyl groups is 6. The van der Waals surface area contributed by atoms with Gasteiger partial charge in [-0.15, -0.1) is 0 Å². The molecule has 0 bridgehead atoms. The van der Waals surface area contributed by atoms with Crippen molar-refractivity contribution in [3.8, 4) is 0 Å². The zero-order valence-corrected chi connectivity index (χ0v) is 9.09. The minimum absolute atomic E-state index is 0.207. The van der Waals surface area contributed by atoms with Crippen LogP contribution in [0.3, 0.4) is 0 Å². The Morgan fingerprint density at radius 2 is 1.76 bits per heavy atom. The lowest BCUT2D eigenvalue weighted by atomic mass is 10.1. The van der Waals surface area contributed by atoms with Crippen LogP contribution in [0.5, 0.6) is 0 Å². The molecule has 0 unspecified atom stereocenters. The van der Waals surface area contributed by atoms with Crippen LogP contribution in [0.2, 0.25) is 0 Å². The third-order valence-electron chi connectivity index (χ3n) is 2.52. The van der Waals surface area contributed by atoms with Gasteiger partial charge in [0.15, 0.2) is 6.29 Å². The molecule has 1 rings (SSSR count). The Balaban J connectivity index is 2.37. The molecule has 17 heavy (non-hydrogen) atoms. The maximum atomic E-state index is 9.46. The van der Waals surface area contributed by atoms with Crippen molar-refractivity contribution in [1.82, 2.24) is 0 Å². The summed E-state index contributed by atoms with van der Waals surface area (Å²) in [5, 5.41) is 54.8. The first-order chi connectivity index (χ1) is 7.97. The van der Waals surface area contributed by atoms with Crippen molar-refractivity contribution in [1.29, 1.82) is 0 Å². The van der Waals surface area contributed by atoms with Gasteiger partial charge in [-0.25, -0.2) is 0 Å². The van der Waals surface area contributed by atoms with Gasteiger partial charge < -0.3 is 40.1 Å². The Labute approximate surface area is 97.6 Å². The lowest BCUT2D eigenvalue weighted by Gasteiger charge is -2.35. The number of rotatable bonds is 5. The lowest BCUT2D eigenvalue weighted by molar-refractivity contribution is -0.276. The van der Waals surface area contributed by atoms with Crippen molar-refractivity contribution in [2.75, 3.05) is 19.8 Å². The van der Waals surface area contributed by atoms with Gasteiger partial charge in [0.25, 0.3) is 0 Å². The van der Waals surface area contributed by atoms with Gasteiger partial charge in [0.1, 0.15) is 30.5 Å². The molecule has 8 heteroatoms. The first kappa shape index (κ1) is 14.7. The Bertz CT molecular complexity index is 225. The van der Waals surface area contributed by atoms with Crippen LogP contribution >= 0.6 is 0 Å². The molecule has 6 N–H and O–H groups in total. The highest BCUT2D eigenvalue weighted by Gasteiger charge is 2.38. The van der Waals surface area contributed by atoms with Gasteiger partial charge in [0.05, 0.1) is 19.8 Å². The van der Waals surface area contributed by atoms with E-state index >= 15 is 0 Å². The van der Waals surface area contributed by atoms with Crippen LogP contribution in [0.25, 0.3) is 0 Å². The Morgan fingerprint density at radius 1 is 1.12 bits per heavy atom. The summed E-state index contributed by atoms with van der Waals surface area (Å²) < 4.78 is 9.83. The number of aliphatic hydroxyl groups excluding tert-OH is 6. The van der Waals surface area contributed by atoms with Crippen molar-refractivity contribution >= 4 is 0 Å². The van der Waals surface area contributed by atoms with E-state index in [0.29, 0.717) is 0 Å². The maximum absolute atomic E-state index is 9.46. The maximum Gasteiger partial charge on any atom is 0.186 e. The van der Waals surface area contributed by atoms with Crippen molar-refractivity contribution < 1.29 is 40.1 Å². The largest absolute Gasteiger partial charge is 0.394 e. The van der Waals surface area contributed by atoms with Gasteiger partial charge in [0, 0.05) is 0 Å². The number of hydrogen-bond donors (Lipinski definition) is 6. The molecule has 1 fully saturated rings. The fraction of sp³-hybridized carbons (Fsp3) is 1.00. The second kappa shape index (κ2) is 6.57. The topological polar surface area (TPSA) is 140 Å². The van der Waals surface area contributed by atoms with E-state index in [2.05, 4.69) is 0 Å². The van der Waals surface area contributed by atoms with Crippen LogP contribution in [-0.4, -0.2) is 87.3 Å². The zero-order valence-electron chi connectivity index (χ0n) is 9.09. The predicted molar refractivity (Wildman–Crippen MR) is 52.8 cm³/mol. The average molecular weight is 254 g/mol. The Kier molecular flexibility index (Phi) is 5.70. The van der Waals surface area contributed by atoms with Crippen LogP contribution in [0.15, 0.2) is 0 Å². The van der Waals surface area contributed by atoms with E-state index in [1.807, 2.05) is 0 Å². The molecule has 0 aromatic heterocycles. The van der Waals surface area contributed by atoms with Crippen molar-refractivity contribution in [3.63, 3.8) is 0 Å². The van der Waals surface area contributed by atoms with Crippen molar-refractivity contribution in [2.24, 2.45) is 0 Å². The summed E-state index contributed by atoms with van der Waals surface area (Å²) in [7, 11) is 0. The van der Waals surface area contributed by atoms with Crippen LogP contribution in [0.4, 0.5) is 0 Å². The Hall–Kier alpha value is -0.320. The highest BCUT2D eigenvalue weighted by Crippen LogP contribution is 2.16. The molecular formula is C9H18O8. The minimum atomic E-state index is -1.45. The Morgan fingerprint density at radius 3 is 2.35 bits per heavy atom. The SMILES string of the molecule is OC[C@@H](O)[C@@H](O)CO[C@@H]1OC[C@@H](O)[C@H](O)[C@H]1O. The summed E-state index contributed by atoms with van der Waals surface area (Å²) in [4.78, 5) is 0. The number of hydrogen-bond acceptors (Lipinski definition) is 8. The van der Waals surface area contributed by atoms with Crippen LogP contribution in [0, 0.1) is 0 Å². The molecule has 0 radical (unpaired) electrons. The van der Waals surface area contributed by atoms with Crippen molar-refractivity contribution in [2.45, 2.75) is 36.8 Å². The van der Waals surface area contributed by atoms with Gasteiger partial charge in [-0.3, -0.25) is 0 Å². The van der Waals surface area contributed by atoms with E-state index in [-0.39, 0.29) is 13.2 Å². The molecule has 0 spiro atoms. The molecule has 8 nitrogen and oxygen atoms in total. The van der Waals surface area contributed by atoms with Crippen LogP contribution in [-0.2, 0) is 9.47 Å². The van der Waals surface area contributed by atoms with E-state index < -0.39 is 43.4 Å². The third-order valence-corrected chi connectivity index (χ3v) is 2.52. The van der Waals surface area contributed by atoms with Crippen molar-refractivity contribution in [3.05, 3.63) is 0 Å². The summed E-state index contributed by atoms with van der Waals surface area (Å²) >= 11 is 0. The summed E-state index contributed by atoms with van der Waals surface area (Å²) in [5.41, 5.74) is 0. The summed E-state index contributed by atoms with van der Waals surface area (Å²) in [6.07, 6.45) is -7.93. The molecule has 0 saturated carbocycles. The number of ether oxygens (including phenoxy) is 2. The molecular weight excluding hydrogens is 236 g/mol. The second-order valence-electron chi connectivity index (χ2n) is 3.90. The molecule has 1 heterocycles. The monoisotopic (exact) mass is 254 g/mol. The highest BCUT2D eigenvalue weighted by molar-refractivity contribution is 4.82. The molecule has 102 valence electrons. The van der Waals surface area contributed by atoms with Gasteiger partial charge >= 0.3 is 0 Å². The van der Waals surface area contributed by atoms with E-state index in [1.165, 1.54) is 0 Å². The third kappa shape index (κ3) is 3.83. The molecule has 1 aliphatic heterocycles. The highest BCUT2D eigenvalue weighted by atomic mass is 16.7. The van der Waals surface area contributed by atoms with Gasteiger partial charge in [0.2, 0.25) is 0 Å². The van der Waals surface area contributed by atoms with Gasteiger partial charge in [-0.05, 0) is 0 Å². The smallest absolute Gasteiger partial charge is 0.186 e. The lowest BCUT2D eigenvalue weighted by Crippen LogP contribution is -2.54. The van der Waals surface area contributed by atoms with E-state index in [4.69, 9.17) is 24.8 Å². The summed E-state index contributed by atoms with van der Waals surface area (Å²) in [5.74, 6) is 0. The normalized spacial score (nSPS) is 37.8. The van der Waals surface area contributed by atoms with E-state index in [1.54, 1.807) is 0 Å². The van der Waals surface area contributed by atoms with Crippen LogP contribution < -0.4 is 0 Å². The molecule has 1 aliphatic rings. The molecule has 0 amide bonds. The first-order valence-corrected chi connectivity index (χ1v) is 5.21. The molecule has 0 aromatic rings. The second-order valence-corrected chi connectivity index (χ2v) is 3.90. The predicted octanol–water partition coefficient (Wildman–Crippen LogP) is -3.84. The van der Waals surface area contributed by atoms with Gasteiger partial charge in [-0.1, -0.05) is 0 Å². The fourth-order valence-electron chi connectivity index (χ4n) is 1.35. The van der Waals surface area contributed by atoms with E-state index in [0.717, 1.165) is 0 Å².